The van der Waals surface area contributed by atoms with Crippen LogP contribution in [-0.2, 0) is 14.3 Å². The number of halogens is 3. The Balaban J connectivity index is 2.32. The van der Waals surface area contributed by atoms with Crippen LogP contribution >= 0.6 is 0 Å². The number of hydrogen-bond acceptors (Lipinski definition) is 5. The summed E-state index contributed by atoms with van der Waals surface area (Å²) in [4.78, 5) is 0. The maximum absolute atomic E-state index is 11.9. The Kier molecular flexibility index (Phi) is 5.63. The first kappa shape index (κ1) is 16.6. The van der Waals surface area contributed by atoms with Gasteiger partial charge in [0.05, 0.1) is 19.5 Å². The van der Waals surface area contributed by atoms with E-state index in [2.05, 4.69) is 8.92 Å². The molecule has 0 saturated heterocycles. The van der Waals surface area contributed by atoms with Crippen molar-refractivity contribution in [3.05, 3.63) is 24.3 Å². The van der Waals surface area contributed by atoms with Crippen LogP contribution in [0.3, 0.4) is 0 Å². The van der Waals surface area contributed by atoms with Gasteiger partial charge in [0, 0.05) is 6.42 Å². The van der Waals surface area contributed by atoms with Gasteiger partial charge in [0.2, 0.25) is 0 Å². The first-order valence-corrected chi connectivity index (χ1v) is 7.30. The van der Waals surface area contributed by atoms with Gasteiger partial charge in [-0.3, -0.25) is 4.18 Å². The highest BCUT2D eigenvalue weighted by molar-refractivity contribution is 7.85. The Morgan fingerprint density at radius 1 is 1.05 bits per heavy atom. The van der Waals surface area contributed by atoms with Crippen LogP contribution in [0.25, 0.3) is 0 Å². The topological polar surface area (TPSA) is 61.8 Å². The molecule has 1 aromatic carbocycles. The van der Waals surface area contributed by atoms with Crippen LogP contribution in [-0.4, -0.2) is 34.2 Å². The van der Waals surface area contributed by atoms with E-state index >= 15 is 0 Å². The molecule has 0 aliphatic carbocycles. The Labute approximate surface area is 114 Å². The second-order valence-corrected chi connectivity index (χ2v) is 5.39. The maximum atomic E-state index is 11.9. The van der Waals surface area contributed by atoms with Crippen molar-refractivity contribution in [3.63, 3.8) is 0 Å². The molecule has 1 aromatic rings. The van der Waals surface area contributed by atoms with Gasteiger partial charge in [0.25, 0.3) is 10.1 Å². The van der Waals surface area contributed by atoms with E-state index in [1.165, 1.54) is 12.1 Å². The summed E-state index contributed by atoms with van der Waals surface area (Å²) in [7, 11) is -3.47. The molecule has 0 aromatic heterocycles. The Hall–Kier alpha value is -1.48. The molecule has 1 rings (SSSR count). The molecular formula is C11H13F3O5S. The minimum atomic E-state index is -4.73. The normalized spacial score (nSPS) is 12.2. The number of ether oxygens (including phenoxy) is 2. The smallest absolute Gasteiger partial charge is 0.494 e. The molecule has 0 heterocycles. The van der Waals surface area contributed by atoms with Crippen LogP contribution in [0.2, 0.25) is 0 Å². The Morgan fingerprint density at radius 3 is 2.10 bits per heavy atom. The third-order valence-electron chi connectivity index (χ3n) is 1.91. The van der Waals surface area contributed by atoms with Gasteiger partial charge in [-0.1, -0.05) is 0 Å². The van der Waals surface area contributed by atoms with Crippen molar-refractivity contribution in [3.8, 4) is 11.5 Å². The standard InChI is InChI=1S/C11H13F3O5S/c1-20(15,16)18-8-2-7-17-9-3-5-10(6-4-9)19-11(12,13)14/h3-6H,2,7-8H2,1H3. The molecular weight excluding hydrogens is 301 g/mol. The number of hydrogen-bond donors (Lipinski definition) is 0. The van der Waals surface area contributed by atoms with Gasteiger partial charge in [0.1, 0.15) is 11.5 Å². The average molecular weight is 314 g/mol. The second kappa shape index (κ2) is 6.80. The van der Waals surface area contributed by atoms with Gasteiger partial charge in [-0.25, -0.2) is 0 Å². The molecule has 5 nitrogen and oxygen atoms in total. The van der Waals surface area contributed by atoms with Crippen molar-refractivity contribution >= 4 is 10.1 Å². The molecule has 0 atom stereocenters. The number of rotatable bonds is 7. The van der Waals surface area contributed by atoms with E-state index in [1.807, 2.05) is 0 Å². The summed E-state index contributed by atoms with van der Waals surface area (Å²) < 4.78 is 70.4. The lowest BCUT2D eigenvalue weighted by Gasteiger charge is -2.10. The van der Waals surface area contributed by atoms with Gasteiger partial charge in [-0.2, -0.15) is 8.42 Å². The number of alkyl halides is 3. The van der Waals surface area contributed by atoms with Crippen molar-refractivity contribution in [2.24, 2.45) is 0 Å². The van der Waals surface area contributed by atoms with Crippen LogP contribution in [0, 0.1) is 0 Å². The predicted molar refractivity (Wildman–Crippen MR) is 64.0 cm³/mol. The molecule has 0 spiro atoms. The highest BCUT2D eigenvalue weighted by Gasteiger charge is 2.30. The fraction of sp³-hybridized carbons (Fsp3) is 0.455. The largest absolute Gasteiger partial charge is 0.573 e. The van der Waals surface area contributed by atoms with E-state index in [-0.39, 0.29) is 19.0 Å². The zero-order valence-corrected chi connectivity index (χ0v) is 11.3. The molecule has 0 radical (unpaired) electrons. The first-order valence-electron chi connectivity index (χ1n) is 5.49. The maximum Gasteiger partial charge on any atom is 0.573 e. The lowest BCUT2D eigenvalue weighted by molar-refractivity contribution is -0.274. The van der Waals surface area contributed by atoms with E-state index in [9.17, 15) is 21.6 Å². The highest BCUT2D eigenvalue weighted by Crippen LogP contribution is 2.24. The summed E-state index contributed by atoms with van der Waals surface area (Å²) in [5.74, 6) is 0.00383. The molecule has 0 unspecified atom stereocenters. The number of benzene rings is 1. The molecule has 0 N–H and O–H groups in total. The van der Waals surface area contributed by atoms with E-state index < -0.39 is 16.5 Å². The third kappa shape index (κ3) is 7.85. The quantitative estimate of drug-likeness (QED) is 0.571. The fourth-order valence-electron chi connectivity index (χ4n) is 1.20. The van der Waals surface area contributed by atoms with Crippen LogP contribution in [0.5, 0.6) is 11.5 Å². The third-order valence-corrected chi connectivity index (χ3v) is 2.51. The summed E-state index contributed by atoms with van der Waals surface area (Å²) in [5, 5.41) is 0. The summed E-state index contributed by atoms with van der Waals surface area (Å²) >= 11 is 0. The van der Waals surface area contributed by atoms with Crippen molar-refractivity contribution in [2.45, 2.75) is 12.8 Å². The Morgan fingerprint density at radius 2 is 1.60 bits per heavy atom. The van der Waals surface area contributed by atoms with E-state index in [1.54, 1.807) is 0 Å². The monoisotopic (exact) mass is 314 g/mol. The summed E-state index contributed by atoms with van der Waals surface area (Å²) in [6.45, 7) is 0.156. The fourth-order valence-corrected chi connectivity index (χ4v) is 1.62. The minimum absolute atomic E-state index is 0.0197. The Bertz CT molecular complexity index is 510. The zero-order valence-electron chi connectivity index (χ0n) is 10.5. The molecule has 0 fully saturated rings. The molecule has 0 amide bonds. The van der Waals surface area contributed by atoms with Crippen molar-refractivity contribution in [2.75, 3.05) is 19.5 Å². The van der Waals surface area contributed by atoms with Crippen LogP contribution in [0.15, 0.2) is 24.3 Å². The molecule has 9 heteroatoms. The first-order chi connectivity index (χ1) is 9.16. The lowest BCUT2D eigenvalue weighted by Crippen LogP contribution is -2.17. The van der Waals surface area contributed by atoms with Crippen molar-refractivity contribution < 1.29 is 35.2 Å². The van der Waals surface area contributed by atoms with Crippen molar-refractivity contribution in [1.29, 1.82) is 0 Å². The van der Waals surface area contributed by atoms with Gasteiger partial charge in [-0.15, -0.1) is 13.2 Å². The predicted octanol–water partition coefficient (Wildman–Crippen LogP) is 2.33. The van der Waals surface area contributed by atoms with Gasteiger partial charge < -0.3 is 9.47 Å². The zero-order chi connectivity index (χ0) is 15.2. The molecule has 114 valence electrons. The molecule has 20 heavy (non-hydrogen) atoms. The SMILES string of the molecule is CS(=O)(=O)OCCCOc1ccc(OC(F)(F)F)cc1. The van der Waals surface area contributed by atoms with Crippen molar-refractivity contribution in [1.82, 2.24) is 0 Å². The highest BCUT2D eigenvalue weighted by atomic mass is 32.2. The van der Waals surface area contributed by atoms with E-state index in [0.717, 1.165) is 18.4 Å². The van der Waals surface area contributed by atoms with Gasteiger partial charge >= 0.3 is 6.36 Å². The molecule has 0 aliphatic heterocycles. The second-order valence-electron chi connectivity index (χ2n) is 3.75. The van der Waals surface area contributed by atoms with Gasteiger partial charge in [-0.05, 0) is 24.3 Å². The summed E-state index contributed by atoms with van der Waals surface area (Å²) in [6, 6.07) is 4.88. The van der Waals surface area contributed by atoms with E-state index in [0.29, 0.717) is 12.2 Å². The van der Waals surface area contributed by atoms with Crippen LogP contribution in [0.4, 0.5) is 13.2 Å². The van der Waals surface area contributed by atoms with Crippen LogP contribution < -0.4 is 9.47 Å². The summed E-state index contributed by atoms with van der Waals surface area (Å²) in [5.41, 5.74) is 0. The average Bonchev–Trinajstić information content (AvgIpc) is 2.27. The molecule has 0 saturated carbocycles. The van der Waals surface area contributed by atoms with Gasteiger partial charge in [0.15, 0.2) is 0 Å². The van der Waals surface area contributed by atoms with E-state index in [4.69, 9.17) is 4.74 Å². The summed E-state index contributed by atoms with van der Waals surface area (Å²) in [6.07, 6.45) is -3.47. The van der Waals surface area contributed by atoms with Crippen LogP contribution in [0.1, 0.15) is 6.42 Å². The minimum Gasteiger partial charge on any atom is -0.494 e. The molecule has 0 bridgehead atoms. The lowest BCUT2D eigenvalue weighted by atomic mass is 10.3. The molecule has 0 aliphatic rings.